The number of ether oxygens (including phenoxy) is 2. The van der Waals surface area contributed by atoms with E-state index in [1.165, 1.54) is 38.5 Å². The van der Waals surface area contributed by atoms with Gasteiger partial charge in [0, 0.05) is 27.7 Å². The molecule has 0 radical (unpaired) electrons. The summed E-state index contributed by atoms with van der Waals surface area (Å²) in [7, 11) is 0. The van der Waals surface area contributed by atoms with Crippen LogP contribution in [-0.2, 0) is 13.2 Å². The van der Waals surface area contributed by atoms with Crippen LogP contribution in [-0.4, -0.2) is 22.4 Å². The highest BCUT2D eigenvalue weighted by Crippen LogP contribution is 2.59. The summed E-state index contributed by atoms with van der Waals surface area (Å²) in [6, 6.07) is 18.5. The maximum Gasteiger partial charge on any atom is 0.251 e. The number of nitrogens with zero attached hydrogens (tertiary/aromatic N) is 1. The van der Waals surface area contributed by atoms with Crippen LogP contribution in [0.25, 0.3) is 11.0 Å². The number of carbonyl (C=O) groups is 1. The first-order valence-electron chi connectivity index (χ1n) is 14.5. The number of hydrogen-bond donors (Lipinski definition) is 2. The first kappa shape index (κ1) is 26.7. The fourth-order valence-corrected chi connectivity index (χ4v) is 8.24. The average molecular weight is 591 g/mol. The van der Waals surface area contributed by atoms with Crippen molar-refractivity contribution in [2.75, 3.05) is 6.54 Å². The van der Waals surface area contributed by atoms with Gasteiger partial charge in [-0.15, -0.1) is 0 Å². The third-order valence-corrected chi connectivity index (χ3v) is 9.78. The number of imidazole rings is 1. The lowest BCUT2D eigenvalue weighted by atomic mass is 9.49. The average Bonchev–Trinajstić information content (AvgIpc) is 3.37. The fourth-order valence-electron chi connectivity index (χ4n) is 7.77. The number of nitrogens with one attached hydrogen (secondary N) is 2. The molecule has 212 valence electrons. The zero-order valence-corrected chi connectivity index (χ0v) is 24.3. The lowest BCUT2D eigenvalue weighted by molar-refractivity contribution is -0.0503. The van der Waals surface area contributed by atoms with Crippen molar-refractivity contribution in [3.63, 3.8) is 0 Å². The molecule has 4 bridgehead atoms. The smallest absolute Gasteiger partial charge is 0.251 e. The van der Waals surface area contributed by atoms with Crippen LogP contribution in [0.15, 0.2) is 60.7 Å². The largest absolute Gasteiger partial charge is 0.485 e. The van der Waals surface area contributed by atoms with Crippen LogP contribution in [0.1, 0.15) is 60.3 Å². The van der Waals surface area contributed by atoms with Crippen molar-refractivity contribution in [1.82, 2.24) is 15.3 Å². The third-order valence-electron chi connectivity index (χ3n) is 9.20. The zero-order chi connectivity index (χ0) is 28.0. The molecule has 1 heterocycles. The summed E-state index contributed by atoms with van der Waals surface area (Å²) in [4.78, 5) is 21.3. The number of carbonyl (C=O) groups excluding carboxylic acids is 1. The Morgan fingerprint density at radius 2 is 1.63 bits per heavy atom. The molecule has 4 aliphatic carbocycles. The Labute approximate surface area is 249 Å². The highest BCUT2D eigenvalue weighted by molar-refractivity contribution is 6.35. The van der Waals surface area contributed by atoms with E-state index >= 15 is 0 Å². The van der Waals surface area contributed by atoms with Crippen molar-refractivity contribution in [2.24, 2.45) is 23.2 Å². The Morgan fingerprint density at radius 1 is 0.902 bits per heavy atom. The van der Waals surface area contributed by atoms with Crippen LogP contribution in [0.4, 0.5) is 0 Å². The summed E-state index contributed by atoms with van der Waals surface area (Å²) in [6.07, 6.45) is 7.93. The standard InChI is InChI=1S/C33H33Cl2N3O3/c34-25-7-5-24(26(35)13-25)17-40-30-12-23(6-8-29(30)41-18-31-37-27-3-1-2-4-28(27)38-31)32(39)36-19-33-14-20-9-21(15-33)11-22(10-20)16-33/h1-8,12-13,20-22H,9-11,14-19H2,(H,36,39)(H,37,38). The van der Waals surface area contributed by atoms with Crippen LogP contribution >= 0.6 is 23.2 Å². The molecule has 4 aliphatic rings. The first-order valence-corrected chi connectivity index (χ1v) is 15.2. The number of amides is 1. The monoisotopic (exact) mass is 589 g/mol. The van der Waals surface area contributed by atoms with E-state index in [1.807, 2.05) is 30.3 Å². The van der Waals surface area contributed by atoms with E-state index in [-0.39, 0.29) is 24.5 Å². The van der Waals surface area contributed by atoms with E-state index in [4.69, 9.17) is 32.7 Å². The zero-order valence-electron chi connectivity index (χ0n) is 22.8. The van der Waals surface area contributed by atoms with E-state index in [0.717, 1.165) is 40.9 Å². The summed E-state index contributed by atoms with van der Waals surface area (Å²) in [5.41, 5.74) is 3.43. The van der Waals surface area contributed by atoms with Gasteiger partial charge in [0.25, 0.3) is 5.91 Å². The molecule has 6 nitrogen and oxygen atoms in total. The van der Waals surface area contributed by atoms with Crippen LogP contribution in [0, 0.1) is 23.2 Å². The van der Waals surface area contributed by atoms with Crippen molar-refractivity contribution in [1.29, 1.82) is 0 Å². The van der Waals surface area contributed by atoms with Crippen molar-refractivity contribution in [3.8, 4) is 11.5 Å². The van der Waals surface area contributed by atoms with Gasteiger partial charge in [0.15, 0.2) is 11.5 Å². The molecule has 4 saturated carbocycles. The lowest BCUT2D eigenvalue weighted by Crippen LogP contribution is -2.51. The molecule has 4 aromatic rings. The van der Waals surface area contributed by atoms with Crippen LogP contribution < -0.4 is 14.8 Å². The second kappa shape index (κ2) is 10.9. The number of para-hydroxylation sites is 2. The number of fused-ring (bicyclic) bond motifs is 1. The molecule has 0 saturated heterocycles. The maximum atomic E-state index is 13.4. The lowest BCUT2D eigenvalue weighted by Gasteiger charge is -2.56. The minimum atomic E-state index is -0.0843. The van der Waals surface area contributed by atoms with Crippen molar-refractivity contribution < 1.29 is 14.3 Å². The molecule has 4 fully saturated rings. The topological polar surface area (TPSA) is 76.2 Å². The highest BCUT2D eigenvalue weighted by Gasteiger charge is 2.50. The van der Waals surface area contributed by atoms with Gasteiger partial charge >= 0.3 is 0 Å². The summed E-state index contributed by atoms with van der Waals surface area (Å²) in [5.74, 6) is 4.15. The summed E-state index contributed by atoms with van der Waals surface area (Å²) < 4.78 is 12.3. The summed E-state index contributed by atoms with van der Waals surface area (Å²) >= 11 is 12.5. The van der Waals surface area contributed by atoms with E-state index in [9.17, 15) is 4.79 Å². The van der Waals surface area contributed by atoms with Gasteiger partial charge in [-0.3, -0.25) is 4.79 Å². The second-order valence-electron chi connectivity index (χ2n) is 12.3. The quantitative estimate of drug-likeness (QED) is 0.207. The number of halogens is 2. The molecular formula is C33H33Cl2N3O3. The normalized spacial score (nSPS) is 24.5. The van der Waals surface area contributed by atoms with E-state index in [0.29, 0.717) is 32.9 Å². The van der Waals surface area contributed by atoms with Crippen molar-refractivity contribution in [3.05, 3.63) is 87.7 Å². The third kappa shape index (κ3) is 5.64. The number of aromatic nitrogens is 2. The Hall–Kier alpha value is -3.22. The SMILES string of the molecule is O=C(NCC12CC3CC(CC(C3)C1)C2)c1ccc(OCc2nc3ccccc3[nH]2)c(OCc2ccc(Cl)cc2Cl)c1. The van der Waals surface area contributed by atoms with Gasteiger partial charge in [-0.1, -0.05) is 41.4 Å². The Balaban J connectivity index is 1.08. The minimum absolute atomic E-state index is 0.0843. The molecule has 41 heavy (non-hydrogen) atoms. The molecule has 1 aromatic heterocycles. The van der Waals surface area contributed by atoms with Gasteiger partial charge in [-0.2, -0.15) is 0 Å². The predicted molar refractivity (Wildman–Crippen MR) is 161 cm³/mol. The Morgan fingerprint density at radius 3 is 2.37 bits per heavy atom. The highest BCUT2D eigenvalue weighted by atomic mass is 35.5. The molecule has 0 atom stereocenters. The molecule has 2 N–H and O–H groups in total. The Bertz CT molecular complexity index is 1530. The molecule has 0 aliphatic heterocycles. The van der Waals surface area contributed by atoms with Crippen LogP contribution in [0.5, 0.6) is 11.5 Å². The number of H-pyrrole nitrogens is 1. The molecule has 3 aromatic carbocycles. The molecule has 0 spiro atoms. The molecule has 8 rings (SSSR count). The van der Waals surface area contributed by atoms with Gasteiger partial charge in [-0.05, 0) is 104 Å². The second-order valence-corrected chi connectivity index (χ2v) is 13.1. The molecule has 1 amide bonds. The van der Waals surface area contributed by atoms with Gasteiger partial charge in [0.05, 0.1) is 11.0 Å². The van der Waals surface area contributed by atoms with E-state index in [1.54, 1.807) is 30.3 Å². The van der Waals surface area contributed by atoms with E-state index < -0.39 is 0 Å². The van der Waals surface area contributed by atoms with Gasteiger partial charge in [0.2, 0.25) is 0 Å². The first-order chi connectivity index (χ1) is 19.9. The van der Waals surface area contributed by atoms with Gasteiger partial charge in [0.1, 0.15) is 19.0 Å². The number of rotatable bonds is 9. The van der Waals surface area contributed by atoms with Gasteiger partial charge < -0.3 is 19.8 Å². The minimum Gasteiger partial charge on any atom is -0.485 e. The fraction of sp³-hybridized carbons (Fsp3) is 0.394. The van der Waals surface area contributed by atoms with Crippen LogP contribution in [0.2, 0.25) is 10.0 Å². The number of hydrogen-bond acceptors (Lipinski definition) is 4. The summed E-state index contributed by atoms with van der Waals surface area (Å²) in [5, 5.41) is 4.36. The van der Waals surface area contributed by atoms with E-state index in [2.05, 4.69) is 15.3 Å². The Kier molecular flexibility index (Phi) is 7.08. The number of benzene rings is 3. The van der Waals surface area contributed by atoms with Crippen molar-refractivity contribution >= 4 is 40.1 Å². The summed E-state index contributed by atoms with van der Waals surface area (Å²) in [6.45, 7) is 1.18. The van der Waals surface area contributed by atoms with Crippen molar-refractivity contribution in [2.45, 2.75) is 51.7 Å². The van der Waals surface area contributed by atoms with Gasteiger partial charge in [-0.25, -0.2) is 4.98 Å². The molecule has 0 unspecified atom stereocenters. The number of aromatic amines is 1. The molecule has 8 heteroatoms. The molecular weight excluding hydrogens is 557 g/mol. The predicted octanol–water partition coefficient (Wildman–Crippen LogP) is 7.97. The maximum absolute atomic E-state index is 13.4. The van der Waals surface area contributed by atoms with Crippen LogP contribution in [0.3, 0.4) is 0 Å².